The highest BCUT2D eigenvalue weighted by atomic mass is 16.4. The Balaban J connectivity index is 2.86. The maximum absolute atomic E-state index is 11.4. The third kappa shape index (κ3) is 1.86. The first kappa shape index (κ1) is 13.8. The van der Waals surface area contributed by atoms with Gasteiger partial charge in [-0.05, 0) is 32.6 Å². The minimum atomic E-state index is -1.16. The van der Waals surface area contributed by atoms with Crippen LogP contribution in [0.2, 0.25) is 0 Å². The Morgan fingerprint density at radius 3 is 2.41 bits per heavy atom. The van der Waals surface area contributed by atoms with Crippen molar-refractivity contribution in [1.29, 1.82) is 5.26 Å². The molecule has 0 amide bonds. The average molecular weight is 235 g/mol. The van der Waals surface area contributed by atoms with Crippen LogP contribution in [0.15, 0.2) is 11.6 Å². The zero-order valence-electron chi connectivity index (χ0n) is 11.1. The summed E-state index contributed by atoms with van der Waals surface area (Å²) in [4.78, 5) is 11.4. The molecule has 1 saturated carbocycles. The van der Waals surface area contributed by atoms with E-state index in [0.717, 1.165) is 19.3 Å². The molecule has 0 saturated heterocycles. The molecule has 17 heavy (non-hydrogen) atoms. The van der Waals surface area contributed by atoms with Crippen molar-refractivity contribution in [2.24, 2.45) is 16.7 Å². The van der Waals surface area contributed by atoms with Crippen LogP contribution < -0.4 is 0 Å². The van der Waals surface area contributed by atoms with Crippen molar-refractivity contribution in [1.82, 2.24) is 0 Å². The van der Waals surface area contributed by atoms with Gasteiger partial charge < -0.3 is 5.11 Å². The summed E-state index contributed by atoms with van der Waals surface area (Å²) >= 11 is 0. The molecule has 94 valence electrons. The Morgan fingerprint density at radius 1 is 1.53 bits per heavy atom. The van der Waals surface area contributed by atoms with Crippen LogP contribution in [0, 0.1) is 28.1 Å². The minimum absolute atomic E-state index is 0.0111. The molecule has 0 aromatic carbocycles. The first-order valence-electron chi connectivity index (χ1n) is 6.14. The van der Waals surface area contributed by atoms with Crippen molar-refractivity contribution in [2.45, 2.75) is 47.0 Å². The van der Waals surface area contributed by atoms with E-state index >= 15 is 0 Å². The van der Waals surface area contributed by atoms with Gasteiger partial charge in [-0.15, -0.1) is 0 Å². The van der Waals surface area contributed by atoms with Crippen LogP contribution in [0.1, 0.15) is 47.0 Å². The number of aliphatic carboxylic acids is 1. The smallest absolute Gasteiger partial charge is 0.324 e. The third-order valence-electron chi connectivity index (χ3n) is 4.25. The second-order valence-electron chi connectivity index (χ2n) is 5.42. The molecule has 3 atom stereocenters. The molecule has 1 aliphatic rings. The Morgan fingerprint density at radius 2 is 2.12 bits per heavy atom. The lowest BCUT2D eigenvalue weighted by Crippen LogP contribution is -2.20. The fourth-order valence-electron chi connectivity index (χ4n) is 3.21. The number of hydrogen-bond donors (Lipinski definition) is 1. The zero-order chi connectivity index (χ0) is 13.3. The topological polar surface area (TPSA) is 61.1 Å². The lowest BCUT2D eigenvalue weighted by molar-refractivity contribution is -0.142. The second kappa shape index (κ2) is 4.52. The van der Waals surface area contributed by atoms with Crippen LogP contribution in [0.3, 0.4) is 0 Å². The van der Waals surface area contributed by atoms with Gasteiger partial charge in [0, 0.05) is 5.41 Å². The second-order valence-corrected chi connectivity index (χ2v) is 5.42. The molecule has 0 bridgehead atoms. The Bertz CT molecular complexity index is 390. The molecular weight excluding hydrogens is 214 g/mol. The minimum Gasteiger partial charge on any atom is -0.480 e. The van der Waals surface area contributed by atoms with Gasteiger partial charge in [0.25, 0.3) is 0 Å². The number of carboxylic acid groups (broad SMARTS) is 1. The number of carbonyl (C=O) groups is 1. The molecule has 0 aromatic heterocycles. The fraction of sp³-hybridized carbons (Fsp3) is 0.714. The molecule has 3 unspecified atom stereocenters. The van der Waals surface area contributed by atoms with Crippen molar-refractivity contribution in [2.75, 3.05) is 0 Å². The van der Waals surface area contributed by atoms with Crippen LogP contribution >= 0.6 is 0 Å². The predicted molar refractivity (Wildman–Crippen MR) is 66.2 cm³/mol. The first-order valence-corrected chi connectivity index (χ1v) is 6.14. The quantitative estimate of drug-likeness (QED) is 0.743. The van der Waals surface area contributed by atoms with Gasteiger partial charge in [-0.25, -0.2) is 0 Å². The third-order valence-corrected chi connectivity index (χ3v) is 4.25. The van der Waals surface area contributed by atoms with Crippen molar-refractivity contribution in [3.8, 4) is 6.07 Å². The standard InChI is InChI=1S/C14H21NO2/c1-5-11-13(4,8-6-7-10(2)3)14(11,9-15)12(16)17/h7,11H,5-6,8H2,1-4H3,(H,16,17). The van der Waals surface area contributed by atoms with Gasteiger partial charge in [0.2, 0.25) is 0 Å². The highest BCUT2D eigenvalue weighted by Gasteiger charge is 2.77. The van der Waals surface area contributed by atoms with Gasteiger partial charge in [-0.2, -0.15) is 5.26 Å². The van der Waals surface area contributed by atoms with E-state index in [-0.39, 0.29) is 11.3 Å². The number of hydrogen-bond acceptors (Lipinski definition) is 2. The average Bonchev–Trinajstić information content (AvgIpc) is 2.77. The molecule has 1 aliphatic carbocycles. The van der Waals surface area contributed by atoms with Gasteiger partial charge in [0.1, 0.15) is 0 Å². The summed E-state index contributed by atoms with van der Waals surface area (Å²) in [5.74, 6) is -0.963. The molecule has 1 fully saturated rings. The van der Waals surface area contributed by atoms with Gasteiger partial charge in [0.15, 0.2) is 5.41 Å². The van der Waals surface area contributed by atoms with E-state index in [9.17, 15) is 15.2 Å². The SMILES string of the molecule is CCC1C(C)(CCC=C(C)C)C1(C#N)C(=O)O. The number of nitriles is 1. The Labute approximate surface area is 103 Å². The zero-order valence-corrected chi connectivity index (χ0v) is 11.1. The molecule has 0 radical (unpaired) electrons. The summed E-state index contributed by atoms with van der Waals surface area (Å²) < 4.78 is 0. The molecule has 3 heteroatoms. The molecule has 0 aromatic rings. The summed E-state index contributed by atoms with van der Waals surface area (Å²) in [5, 5.41) is 18.5. The van der Waals surface area contributed by atoms with Gasteiger partial charge >= 0.3 is 5.97 Å². The normalized spacial score (nSPS) is 34.9. The van der Waals surface area contributed by atoms with E-state index in [2.05, 4.69) is 12.1 Å². The van der Waals surface area contributed by atoms with E-state index in [4.69, 9.17) is 0 Å². The predicted octanol–water partition coefficient (Wildman–Crippen LogP) is 3.37. The highest BCUT2D eigenvalue weighted by Crippen LogP contribution is 2.72. The van der Waals surface area contributed by atoms with Gasteiger partial charge in [-0.1, -0.05) is 31.9 Å². The number of carboxylic acids is 1. The van der Waals surface area contributed by atoms with Crippen LogP contribution in [0.5, 0.6) is 0 Å². The molecule has 1 N–H and O–H groups in total. The van der Waals surface area contributed by atoms with Crippen molar-refractivity contribution < 1.29 is 9.90 Å². The van der Waals surface area contributed by atoms with Crippen LogP contribution in [0.4, 0.5) is 0 Å². The van der Waals surface area contributed by atoms with Gasteiger partial charge in [-0.3, -0.25) is 4.79 Å². The van der Waals surface area contributed by atoms with Crippen LogP contribution in [-0.2, 0) is 4.79 Å². The monoisotopic (exact) mass is 235 g/mol. The molecule has 0 spiro atoms. The van der Waals surface area contributed by atoms with Crippen molar-refractivity contribution in [3.05, 3.63) is 11.6 Å². The van der Waals surface area contributed by atoms with Crippen LogP contribution in [0.25, 0.3) is 0 Å². The van der Waals surface area contributed by atoms with E-state index in [1.54, 1.807) is 0 Å². The summed E-state index contributed by atoms with van der Waals surface area (Å²) in [6.45, 7) is 7.96. The van der Waals surface area contributed by atoms with Crippen molar-refractivity contribution >= 4 is 5.97 Å². The fourth-order valence-corrected chi connectivity index (χ4v) is 3.21. The summed E-state index contributed by atoms with van der Waals surface area (Å²) in [5.41, 5.74) is -0.286. The Kier molecular flexibility index (Phi) is 3.66. The van der Waals surface area contributed by atoms with E-state index in [1.165, 1.54) is 5.57 Å². The number of allylic oxidation sites excluding steroid dienone is 2. The largest absolute Gasteiger partial charge is 0.480 e. The molecule has 3 nitrogen and oxygen atoms in total. The maximum Gasteiger partial charge on any atom is 0.324 e. The highest BCUT2D eigenvalue weighted by molar-refractivity contribution is 5.84. The number of nitrogens with zero attached hydrogens (tertiary/aromatic N) is 1. The van der Waals surface area contributed by atoms with E-state index < -0.39 is 11.4 Å². The van der Waals surface area contributed by atoms with E-state index in [0.29, 0.717) is 0 Å². The maximum atomic E-state index is 11.4. The van der Waals surface area contributed by atoms with Gasteiger partial charge in [0.05, 0.1) is 6.07 Å². The molecule has 0 heterocycles. The van der Waals surface area contributed by atoms with Crippen molar-refractivity contribution in [3.63, 3.8) is 0 Å². The lowest BCUT2D eigenvalue weighted by atomic mass is 9.91. The number of rotatable bonds is 5. The Hall–Kier alpha value is -1.30. The first-order chi connectivity index (χ1) is 7.86. The lowest BCUT2D eigenvalue weighted by Gasteiger charge is -2.11. The van der Waals surface area contributed by atoms with Crippen LogP contribution in [-0.4, -0.2) is 11.1 Å². The summed E-state index contributed by atoms with van der Waals surface area (Å²) in [7, 11) is 0. The summed E-state index contributed by atoms with van der Waals surface area (Å²) in [6.07, 6.45) is 4.49. The van der Waals surface area contributed by atoms with E-state index in [1.807, 2.05) is 27.7 Å². The molecule has 1 rings (SSSR count). The summed E-state index contributed by atoms with van der Waals surface area (Å²) in [6, 6.07) is 2.06. The molecular formula is C14H21NO2. The molecule has 0 aliphatic heterocycles.